The molecule has 5 heterocycles. The summed E-state index contributed by atoms with van der Waals surface area (Å²) >= 11 is 0. The summed E-state index contributed by atoms with van der Waals surface area (Å²) in [5.41, 5.74) is 4.39. The molecular formula is C27H33N7O3. The van der Waals surface area contributed by atoms with Gasteiger partial charge in [-0.25, -0.2) is 14.8 Å². The lowest BCUT2D eigenvalue weighted by Gasteiger charge is -2.24. The number of nitrogens with zero attached hydrogens (tertiary/aromatic N) is 6. The topological polar surface area (TPSA) is 110 Å². The molecule has 4 aromatic heterocycles. The number of aliphatic hydroxyl groups excluding tert-OH is 1. The Labute approximate surface area is 215 Å². The predicted octanol–water partition coefficient (Wildman–Crippen LogP) is 3.96. The average Bonchev–Trinajstić information content (AvgIpc) is 3.55. The number of hydrogen-bond acceptors (Lipinski definition) is 7. The molecule has 10 heteroatoms. The first kappa shape index (κ1) is 24.8. The molecule has 194 valence electrons. The molecule has 1 amide bonds. The van der Waals surface area contributed by atoms with E-state index in [-0.39, 0.29) is 24.7 Å². The number of anilines is 1. The van der Waals surface area contributed by atoms with E-state index in [1.807, 2.05) is 68.9 Å². The summed E-state index contributed by atoms with van der Waals surface area (Å²) < 4.78 is 9.27. The number of hydrogen-bond donors (Lipinski definition) is 2. The lowest BCUT2D eigenvalue weighted by molar-refractivity contribution is 0.0288. The van der Waals surface area contributed by atoms with Crippen LogP contribution in [0.15, 0.2) is 49.1 Å². The molecule has 4 aromatic rings. The SMILES string of the molecule is C[C@H]1CN(C(=O)OC(C)(C)C)C[C@@H]1Nc1cccc(-c2cnc3cc(CO)c(-c4cnn(C)c4)cn23)n1. The molecule has 2 atom stereocenters. The lowest BCUT2D eigenvalue weighted by Crippen LogP contribution is -2.36. The first-order chi connectivity index (χ1) is 17.6. The third-order valence-corrected chi connectivity index (χ3v) is 6.53. The van der Waals surface area contributed by atoms with Gasteiger partial charge in [0, 0.05) is 49.7 Å². The highest BCUT2D eigenvalue weighted by Crippen LogP contribution is 2.29. The van der Waals surface area contributed by atoms with Gasteiger partial charge in [0.2, 0.25) is 0 Å². The van der Waals surface area contributed by atoms with Crippen molar-refractivity contribution < 1.29 is 14.6 Å². The van der Waals surface area contributed by atoms with Crippen LogP contribution in [-0.2, 0) is 18.4 Å². The number of ether oxygens (including phenoxy) is 1. The van der Waals surface area contributed by atoms with E-state index in [9.17, 15) is 9.90 Å². The van der Waals surface area contributed by atoms with Crippen LogP contribution in [0.3, 0.4) is 0 Å². The fourth-order valence-electron chi connectivity index (χ4n) is 4.68. The normalized spacial score (nSPS) is 17.9. The van der Waals surface area contributed by atoms with E-state index in [1.54, 1.807) is 22.0 Å². The van der Waals surface area contributed by atoms with Gasteiger partial charge in [-0.3, -0.25) is 9.08 Å². The quantitative estimate of drug-likeness (QED) is 0.424. The van der Waals surface area contributed by atoms with Gasteiger partial charge in [0.05, 0.1) is 30.4 Å². The van der Waals surface area contributed by atoms with E-state index >= 15 is 0 Å². The third kappa shape index (κ3) is 5.15. The molecule has 0 unspecified atom stereocenters. The fraction of sp³-hybridized carbons (Fsp3) is 0.407. The van der Waals surface area contributed by atoms with Crippen LogP contribution in [0.25, 0.3) is 28.2 Å². The number of aromatic nitrogens is 5. The van der Waals surface area contributed by atoms with Crippen LogP contribution in [0.1, 0.15) is 33.3 Å². The van der Waals surface area contributed by atoms with Crippen molar-refractivity contribution in [3.63, 3.8) is 0 Å². The molecule has 0 radical (unpaired) electrons. The predicted molar refractivity (Wildman–Crippen MR) is 141 cm³/mol. The number of imidazole rings is 1. The molecule has 0 aromatic carbocycles. The van der Waals surface area contributed by atoms with Crippen LogP contribution < -0.4 is 5.32 Å². The number of likely N-dealkylation sites (tertiary alicyclic amines) is 1. The maximum Gasteiger partial charge on any atom is 0.410 e. The molecule has 1 aliphatic heterocycles. The van der Waals surface area contributed by atoms with Gasteiger partial charge in [0.25, 0.3) is 0 Å². The van der Waals surface area contributed by atoms with Crippen molar-refractivity contribution in [3.05, 3.63) is 54.6 Å². The molecule has 37 heavy (non-hydrogen) atoms. The average molecular weight is 504 g/mol. The number of amides is 1. The van der Waals surface area contributed by atoms with Crippen LogP contribution in [-0.4, -0.2) is 65.0 Å². The van der Waals surface area contributed by atoms with Crippen molar-refractivity contribution in [1.29, 1.82) is 0 Å². The van der Waals surface area contributed by atoms with Gasteiger partial charge in [-0.2, -0.15) is 5.10 Å². The summed E-state index contributed by atoms with van der Waals surface area (Å²) in [7, 11) is 1.86. The summed E-state index contributed by atoms with van der Waals surface area (Å²) in [4.78, 5) is 23.7. The highest BCUT2D eigenvalue weighted by atomic mass is 16.6. The van der Waals surface area contributed by atoms with Gasteiger partial charge in [0.1, 0.15) is 17.1 Å². The number of nitrogens with one attached hydrogen (secondary N) is 1. The van der Waals surface area contributed by atoms with Crippen LogP contribution in [0.2, 0.25) is 0 Å². The zero-order valence-corrected chi connectivity index (χ0v) is 21.8. The van der Waals surface area contributed by atoms with E-state index in [1.165, 1.54) is 0 Å². The summed E-state index contributed by atoms with van der Waals surface area (Å²) in [6.45, 7) is 8.83. The highest BCUT2D eigenvalue weighted by Gasteiger charge is 2.35. The van der Waals surface area contributed by atoms with Gasteiger partial charge in [-0.15, -0.1) is 0 Å². The molecule has 1 fully saturated rings. The molecule has 10 nitrogen and oxygen atoms in total. The van der Waals surface area contributed by atoms with Gasteiger partial charge in [0.15, 0.2) is 0 Å². The Morgan fingerprint density at radius 2 is 2.03 bits per heavy atom. The van der Waals surface area contributed by atoms with Gasteiger partial charge in [-0.1, -0.05) is 13.0 Å². The monoisotopic (exact) mass is 503 g/mol. The molecule has 0 bridgehead atoms. The summed E-state index contributed by atoms with van der Waals surface area (Å²) in [5.74, 6) is 0.975. The smallest absolute Gasteiger partial charge is 0.410 e. The third-order valence-electron chi connectivity index (χ3n) is 6.53. The lowest BCUT2D eigenvalue weighted by atomic mass is 10.1. The molecule has 1 saturated heterocycles. The highest BCUT2D eigenvalue weighted by molar-refractivity contribution is 5.71. The Morgan fingerprint density at radius 3 is 2.73 bits per heavy atom. The van der Waals surface area contributed by atoms with Crippen LogP contribution in [0.5, 0.6) is 0 Å². The number of rotatable bonds is 5. The number of carbonyl (C=O) groups is 1. The van der Waals surface area contributed by atoms with Crippen molar-refractivity contribution in [3.8, 4) is 22.5 Å². The second-order valence-corrected chi connectivity index (χ2v) is 10.7. The Morgan fingerprint density at radius 1 is 1.22 bits per heavy atom. The Balaban J connectivity index is 1.40. The molecule has 0 aliphatic carbocycles. The fourth-order valence-corrected chi connectivity index (χ4v) is 4.68. The first-order valence-corrected chi connectivity index (χ1v) is 12.4. The minimum absolute atomic E-state index is 0.0572. The van der Waals surface area contributed by atoms with E-state index in [0.29, 0.717) is 13.1 Å². The summed E-state index contributed by atoms with van der Waals surface area (Å²) in [6.07, 6.45) is 7.17. The molecule has 0 spiro atoms. The number of aliphatic hydroxyl groups is 1. The molecule has 1 aliphatic rings. The van der Waals surface area contributed by atoms with Crippen LogP contribution in [0.4, 0.5) is 10.6 Å². The van der Waals surface area contributed by atoms with E-state index in [4.69, 9.17) is 9.72 Å². The van der Waals surface area contributed by atoms with Crippen LogP contribution in [0, 0.1) is 5.92 Å². The standard InChI is InChI=1S/C27H33N7O3/c1-17-12-33(26(36)37-27(2,3)4)15-22(17)31-24-8-6-7-21(30-24)23-11-28-25-9-18(16-35)20(14-34(23)25)19-10-29-32(5)13-19/h6-11,13-14,17,22,35H,12,15-16H2,1-5H3,(H,30,31)/t17-,22-/m0/s1. The number of aryl methyl sites for hydroxylation is 1. The van der Waals surface area contributed by atoms with Crippen LogP contribution >= 0.6 is 0 Å². The second-order valence-electron chi connectivity index (χ2n) is 10.7. The van der Waals surface area contributed by atoms with Crippen molar-refractivity contribution in [1.82, 2.24) is 29.0 Å². The van der Waals surface area contributed by atoms with E-state index in [0.717, 1.165) is 39.5 Å². The van der Waals surface area contributed by atoms with Crippen molar-refractivity contribution >= 4 is 17.6 Å². The molecule has 0 saturated carbocycles. The van der Waals surface area contributed by atoms with Crippen molar-refractivity contribution in [2.24, 2.45) is 13.0 Å². The minimum atomic E-state index is -0.523. The zero-order valence-electron chi connectivity index (χ0n) is 21.8. The Kier molecular flexibility index (Phi) is 6.36. The second kappa shape index (κ2) is 9.51. The summed E-state index contributed by atoms with van der Waals surface area (Å²) in [5, 5.41) is 17.7. The Bertz CT molecular complexity index is 1440. The van der Waals surface area contributed by atoms with Gasteiger partial charge >= 0.3 is 6.09 Å². The van der Waals surface area contributed by atoms with Gasteiger partial charge < -0.3 is 20.1 Å². The molecule has 2 N–H and O–H groups in total. The van der Waals surface area contributed by atoms with E-state index in [2.05, 4.69) is 22.3 Å². The number of pyridine rings is 2. The van der Waals surface area contributed by atoms with Crippen molar-refractivity contribution in [2.45, 2.75) is 45.9 Å². The molecular weight excluding hydrogens is 470 g/mol. The molecule has 5 rings (SSSR count). The Hall–Kier alpha value is -3.92. The number of fused-ring (bicyclic) bond motifs is 1. The minimum Gasteiger partial charge on any atom is -0.444 e. The van der Waals surface area contributed by atoms with Gasteiger partial charge in [-0.05, 0) is 50.5 Å². The van der Waals surface area contributed by atoms with Crippen molar-refractivity contribution in [2.75, 3.05) is 18.4 Å². The maximum absolute atomic E-state index is 12.5. The largest absolute Gasteiger partial charge is 0.444 e. The first-order valence-electron chi connectivity index (χ1n) is 12.4. The van der Waals surface area contributed by atoms with E-state index < -0.39 is 5.60 Å². The zero-order chi connectivity index (χ0) is 26.3. The number of carbonyl (C=O) groups excluding carboxylic acids is 1. The summed E-state index contributed by atoms with van der Waals surface area (Å²) in [6, 6.07) is 7.78. The maximum atomic E-state index is 12.5.